The number of aliphatic hydroxyl groups excluding tert-OH is 1. The van der Waals surface area contributed by atoms with E-state index >= 15 is 0 Å². The van der Waals surface area contributed by atoms with Crippen molar-refractivity contribution in [1.29, 1.82) is 0 Å². The maximum Gasteiger partial charge on any atom is 0.418 e. The van der Waals surface area contributed by atoms with Crippen LogP contribution in [0.2, 0.25) is 0 Å². The number of benzene rings is 3. The summed E-state index contributed by atoms with van der Waals surface area (Å²) in [4.78, 5) is 0. The molecule has 0 spiro atoms. The largest absolute Gasteiger partial charge is 0.418 e. The summed E-state index contributed by atoms with van der Waals surface area (Å²) in [7, 11) is 0. The maximum atomic E-state index is 12.7. The van der Waals surface area contributed by atoms with Crippen LogP contribution in [0.4, 0.5) is 13.2 Å². The first kappa shape index (κ1) is 12.9. The average Bonchev–Trinajstić information content (AvgIpc) is 2.42. The van der Waals surface area contributed by atoms with E-state index in [1.54, 1.807) is 12.1 Å². The first-order valence-corrected chi connectivity index (χ1v) is 6.13. The molecule has 3 rings (SSSR count). The van der Waals surface area contributed by atoms with Gasteiger partial charge in [-0.15, -0.1) is 0 Å². The molecular formula is C16H11F3O. The Hall–Kier alpha value is -2.07. The molecule has 1 atom stereocenters. The van der Waals surface area contributed by atoms with Gasteiger partial charge in [0.25, 0.3) is 0 Å². The first-order chi connectivity index (χ1) is 9.47. The van der Waals surface area contributed by atoms with Crippen molar-refractivity contribution < 1.29 is 18.3 Å². The highest BCUT2D eigenvalue weighted by molar-refractivity contribution is 5.99. The molecule has 3 aromatic carbocycles. The van der Waals surface area contributed by atoms with Crippen LogP contribution in [0.3, 0.4) is 0 Å². The van der Waals surface area contributed by atoms with Crippen molar-refractivity contribution in [1.82, 2.24) is 0 Å². The van der Waals surface area contributed by atoms with Crippen LogP contribution >= 0.6 is 0 Å². The van der Waals surface area contributed by atoms with Gasteiger partial charge in [0.2, 0.25) is 0 Å². The van der Waals surface area contributed by atoms with E-state index in [2.05, 4.69) is 0 Å². The fourth-order valence-electron chi connectivity index (χ4n) is 2.41. The molecule has 0 aliphatic rings. The van der Waals surface area contributed by atoms with Crippen molar-refractivity contribution in [2.45, 2.75) is 12.3 Å². The van der Waals surface area contributed by atoms with Crippen molar-refractivity contribution in [2.75, 3.05) is 0 Å². The Morgan fingerprint density at radius 3 is 2.05 bits per heavy atom. The highest BCUT2D eigenvalue weighted by Gasteiger charge is 2.40. The minimum Gasteiger partial charge on any atom is -0.379 e. The van der Waals surface area contributed by atoms with Gasteiger partial charge in [0, 0.05) is 0 Å². The average molecular weight is 276 g/mol. The van der Waals surface area contributed by atoms with Gasteiger partial charge in [-0.3, -0.25) is 0 Å². The summed E-state index contributed by atoms with van der Waals surface area (Å²) < 4.78 is 38.2. The Morgan fingerprint density at radius 1 is 0.800 bits per heavy atom. The molecule has 0 aromatic heterocycles. The summed E-state index contributed by atoms with van der Waals surface area (Å²) in [6, 6.07) is 15.6. The van der Waals surface area contributed by atoms with Gasteiger partial charge in [0.1, 0.15) is 0 Å². The Bertz CT molecular complexity index is 777. The zero-order chi connectivity index (χ0) is 14.3. The van der Waals surface area contributed by atoms with Crippen molar-refractivity contribution in [3.63, 3.8) is 0 Å². The normalized spacial score (nSPS) is 13.8. The number of hydrogen-bond acceptors (Lipinski definition) is 1. The van der Waals surface area contributed by atoms with Crippen molar-refractivity contribution in [2.24, 2.45) is 0 Å². The molecule has 0 aliphatic carbocycles. The van der Waals surface area contributed by atoms with Gasteiger partial charge in [-0.2, -0.15) is 13.2 Å². The van der Waals surface area contributed by atoms with Gasteiger partial charge in [-0.05, 0) is 39.2 Å². The Balaban J connectivity index is 2.31. The highest BCUT2D eigenvalue weighted by atomic mass is 19.4. The second-order valence-corrected chi connectivity index (χ2v) is 4.71. The minimum atomic E-state index is -4.67. The van der Waals surface area contributed by atoms with Crippen molar-refractivity contribution in [3.8, 4) is 0 Å². The van der Waals surface area contributed by atoms with Crippen LogP contribution in [-0.2, 0) is 0 Å². The molecule has 0 unspecified atom stereocenters. The topological polar surface area (TPSA) is 20.2 Å². The van der Waals surface area contributed by atoms with Crippen LogP contribution in [0.25, 0.3) is 21.5 Å². The van der Waals surface area contributed by atoms with E-state index in [0.29, 0.717) is 10.8 Å². The van der Waals surface area contributed by atoms with Gasteiger partial charge >= 0.3 is 6.18 Å². The molecule has 4 heteroatoms. The van der Waals surface area contributed by atoms with E-state index in [-0.39, 0.29) is 5.56 Å². The zero-order valence-electron chi connectivity index (χ0n) is 10.4. The predicted octanol–water partition coefficient (Wildman–Crippen LogP) is 4.59. The molecule has 0 saturated carbocycles. The molecule has 102 valence electrons. The smallest absolute Gasteiger partial charge is 0.379 e. The maximum absolute atomic E-state index is 12.7. The van der Waals surface area contributed by atoms with Crippen LogP contribution in [0, 0.1) is 0 Å². The van der Waals surface area contributed by atoms with Gasteiger partial charge in [-0.1, -0.05) is 42.5 Å². The molecule has 20 heavy (non-hydrogen) atoms. The fourth-order valence-corrected chi connectivity index (χ4v) is 2.41. The predicted molar refractivity (Wildman–Crippen MR) is 72.5 cm³/mol. The molecule has 0 bridgehead atoms. The van der Waals surface area contributed by atoms with E-state index in [1.807, 2.05) is 30.3 Å². The lowest BCUT2D eigenvalue weighted by atomic mass is 9.97. The number of hydrogen-bond donors (Lipinski definition) is 1. The summed E-state index contributed by atoms with van der Waals surface area (Å²) in [6.07, 6.45) is -7.13. The molecular weight excluding hydrogens is 265 g/mol. The summed E-state index contributed by atoms with van der Waals surface area (Å²) in [5.74, 6) is 0. The summed E-state index contributed by atoms with van der Waals surface area (Å²) in [5, 5.41) is 12.4. The van der Waals surface area contributed by atoms with Gasteiger partial charge in [-0.25, -0.2) is 0 Å². The molecule has 0 aliphatic heterocycles. The van der Waals surface area contributed by atoms with Gasteiger partial charge in [0.05, 0.1) is 0 Å². The number of rotatable bonds is 1. The molecule has 0 heterocycles. The van der Waals surface area contributed by atoms with Crippen LogP contribution in [0.15, 0.2) is 54.6 Å². The van der Waals surface area contributed by atoms with E-state index in [4.69, 9.17) is 0 Å². The Labute approximate surface area is 113 Å². The third-order valence-corrected chi connectivity index (χ3v) is 3.39. The van der Waals surface area contributed by atoms with Crippen LogP contribution in [-0.4, -0.2) is 11.3 Å². The van der Waals surface area contributed by atoms with Crippen LogP contribution in [0.1, 0.15) is 11.7 Å². The molecule has 1 N–H and O–H groups in total. The van der Waals surface area contributed by atoms with Crippen LogP contribution in [0.5, 0.6) is 0 Å². The van der Waals surface area contributed by atoms with Crippen LogP contribution < -0.4 is 0 Å². The third kappa shape index (κ3) is 2.12. The first-order valence-electron chi connectivity index (χ1n) is 6.13. The lowest BCUT2D eigenvalue weighted by Gasteiger charge is -2.17. The summed E-state index contributed by atoms with van der Waals surface area (Å²) >= 11 is 0. The van der Waals surface area contributed by atoms with E-state index in [0.717, 1.165) is 10.8 Å². The minimum absolute atomic E-state index is 0.110. The molecule has 3 aromatic rings. The van der Waals surface area contributed by atoms with Gasteiger partial charge < -0.3 is 5.11 Å². The van der Waals surface area contributed by atoms with Gasteiger partial charge in [0.15, 0.2) is 6.10 Å². The zero-order valence-corrected chi connectivity index (χ0v) is 10.4. The molecule has 1 nitrogen and oxygen atoms in total. The van der Waals surface area contributed by atoms with E-state index in [1.165, 1.54) is 12.1 Å². The molecule has 0 amide bonds. The Kier molecular flexibility index (Phi) is 2.91. The third-order valence-electron chi connectivity index (χ3n) is 3.39. The summed E-state index contributed by atoms with van der Waals surface area (Å²) in [5.41, 5.74) is -0.110. The second-order valence-electron chi connectivity index (χ2n) is 4.71. The molecule has 0 saturated heterocycles. The second kappa shape index (κ2) is 4.49. The standard InChI is InChI=1S/C16H11F3O/c17-16(18,19)15(20)13-7-3-6-12-8-10-4-1-2-5-11(10)9-14(12)13/h1-9,15,20H/t15-/m1/s1. The van der Waals surface area contributed by atoms with E-state index in [9.17, 15) is 18.3 Å². The number of halogens is 3. The number of alkyl halides is 3. The van der Waals surface area contributed by atoms with Crippen molar-refractivity contribution in [3.05, 3.63) is 60.2 Å². The quantitative estimate of drug-likeness (QED) is 0.644. The highest BCUT2D eigenvalue weighted by Crippen LogP contribution is 2.37. The Morgan fingerprint density at radius 2 is 1.40 bits per heavy atom. The SMILES string of the molecule is O[C@H](c1cccc2cc3ccccc3cc12)C(F)(F)F. The fraction of sp³-hybridized carbons (Fsp3) is 0.125. The molecule has 0 radical (unpaired) electrons. The summed E-state index contributed by atoms with van der Waals surface area (Å²) in [6.45, 7) is 0. The number of fused-ring (bicyclic) bond motifs is 2. The monoisotopic (exact) mass is 276 g/mol. The number of aliphatic hydroxyl groups is 1. The lowest BCUT2D eigenvalue weighted by Crippen LogP contribution is -2.20. The van der Waals surface area contributed by atoms with Crippen molar-refractivity contribution >= 4 is 21.5 Å². The van der Waals surface area contributed by atoms with E-state index < -0.39 is 12.3 Å². The molecule has 0 fully saturated rings. The lowest BCUT2D eigenvalue weighted by molar-refractivity contribution is -0.206.